The van der Waals surface area contributed by atoms with E-state index in [1.807, 2.05) is 0 Å². The van der Waals surface area contributed by atoms with Crippen LogP contribution in [0.15, 0.2) is 65.7 Å². The minimum atomic E-state index is 1.21. The molecule has 0 unspecified atom stereocenters. The van der Waals surface area contributed by atoms with Crippen LogP contribution in [0.4, 0.5) is 0 Å². The summed E-state index contributed by atoms with van der Waals surface area (Å²) in [4.78, 5) is 1.30. The van der Waals surface area contributed by atoms with Crippen molar-refractivity contribution >= 4 is 22.7 Å². The maximum atomic E-state index is 2.22. The van der Waals surface area contributed by atoms with E-state index < -0.39 is 0 Å². The van der Waals surface area contributed by atoms with Crippen LogP contribution in [-0.2, 0) is 0 Å². The summed E-state index contributed by atoms with van der Waals surface area (Å²) < 4.78 is 2.22. The molecule has 0 atom stereocenters. The molecule has 0 N–H and O–H groups in total. The molecular weight excluding hydrogens is 226 g/mol. The van der Waals surface area contributed by atoms with E-state index >= 15 is 0 Å². The molecule has 0 aliphatic heterocycles. The Hall–Kier alpha value is -1.67. The van der Waals surface area contributed by atoms with Gasteiger partial charge in [0.15, 0.2) is 0 Å². The quantitative estimate of drug-likeness (QED) is 0.602. The second kappa shape index (κ2) is 4.30. The van der Waals surface area contributed by atoms with Gasteiger partial charge in [-0.1, -0.05) is 18.2 Å². The third kappa shape index (κ3) is 1.85. The van der Waals surface area contributed by atoms with E-state index in [4.69, 9.17) is 0 Å². The zero-order chi connectivity index (χ0) is 11.7. The van der Waals surface area contributed by atoms with Crippen molar-refractivity contribution in [2.75, 3.05) is 6.26 Å². The molecule has 0 saturated heterocycles. The third-order valence-corrected chi connectivity index (χ3v) is 3.69. The van der Waals surface area contributed by atoms with Crippen LogP contribution in [0.3, 0.4) is 0 Å². The highest BCUT2D eigenvalue weighted by Gasteiger charge is 2.01. The fraction of sp³-hybridized carbons (Fsp3) is 0.0667. The Labute approximate surface area is 105 Å². The summed E-state index contributed by atoms with van der Waals surface area (Å²) in [6, 6.07) is 19.2. The topological polar surface area (TPSA) is 4.93 Å². The fourth-order valence-electron chi connectivity index (χ4n) is 2.05. The number of nitrogens with zero attached hydrogens (tertiary/aromatic N) is 1. The van der Waals surface area contributed by atoms with Gasteiger partial charge < -0.3 is 4.57 Å². The van der Waals surface area contributed by atoms with Crippen LogP contribution in [0.2, 0.25) is 0 Å². The van der Waals surface area contributed by atoms with E-state index in [1.54, 1.807) is 11.8 Å². The molecule has 0 fully saturated rings. The first-order chi connectivity index (χ1) is 8.38. The smallest absolute Gasteiger partial charge is 0.0528 e. The molecule has 1 aromatic heterocycles. The van der Waals surface area contributed by atoms with Gasteiger partial charge in [-0.15, -0.1) is 11.8 Å². The lowest BCUT2D eigenvalue weighted by Crippen LogP contribution is -1.90. The molecular formula is C15H13NS. The monoisotopic (exact) mass is 239 g/mol. The molecule has 0 radical (unpaired) electrons. The molecule has 2 heteroatoms. The maximum Gasteiger partial charge on any atom is 0.0528 e. The molecule has 3 rings (SSSR count). The first-order valence-corrected chi connectivity index (χ1v) is 6.81. The van der Waals surface area contributed by atoms with E-state index in [1.165, 1.54) is 21.5 Å². The minimum Gasteiger partial charge on any atom is -0.317 e. The standard InChI is InChI=1S/C15H13NS/c1-17-14-8-6-13(7-9-14)16-11-10-12-4-2-3-5-15(12)16/h2-11H,1H3. The highest BCUT2D eigenvalue weighted by molar-refractivity contribution is 7.98. The predicted octanol–water partition coefficient (Wildman–Crippen LogP) is 4.35. The van der Waals surface area contributed by atoms with Crippen molar-refractivity contribution in [3.63, 3.8) is 0 Å². The molecule has 0 bridgehead atoms. The van der Waals surface area contributed by atoms with Crippen molar-refractivity contribution < 1.29 is 0 Å². The highest BCUT2D eigenvalue weighted by atomic mass is 32.2. The Bertz CT molecular complexity index is 637. The SMILES string of the molecule is CSc1ccc(-n2ccc3ccccc32)cc1. The van der Waals surface area contributed by atoms with Crippen molar-refractivity contribution in [3.05, 3.63) is 60.8 Å². The van der Waals surface area contributed by atoms with E-state index in [2.05, 4.69) is 71.6 Å². The summed E-state index contributed by atoms with van der Waals surface area (Å²) in [5, 5.41) is 1.28. The molecule has 84 valence electrons. The van der Waals surface area contributed by atoms with Gasteiger partial charge in [-0.3, -0.25) is 0 Å². The van der Waals surface area contributed by atoms with Gasteiger partial charge in [0.2, 0.25) is 0 Å². The zero-order valence-corrected chi connectivity index (χ0v) is 10.4. The van der Waals surface area contributed by atoms with Gasteiger partial charge in [0.05, 0.1) is 5.52 Å². The molecule has 3 aromatic rings. The van der Waals surface area contributed by atoms with Gasteiger partial charge in [-0.2, -0.15) is 0 Å². The summed E-state index contributed by atoms with van der Waals surface area (Å²) >= 11 is 1.77. The molecule has 1 heterocycles. The fourth-order valence-corrected chi connectivity index (χ4v) is 2.46. The third-order valence-electron chi connectivity index (χ3n) is 2.95. The maximum absolute atomic E-state index is 2.22. The first kappa shape index (κ1) is 10.5. The zero-order valence-electron chi connectivity index (χ0n) is 9.63. The average Bonchev–Trinajstić information content (AvgIpc) is 2.83. The lowest BCUT2D eigenvalue weighted by atomic mass is 10.2. The largest absolute Gasteiger partial charge is 0.317 e. The van der Waals surface area contributed by atoms with E-state index in [-0.39, 0.29) is 0 Å². The minimum absolute atomic E-state index is 1.21. The number of hydrogen-bond acceptors (Lipinski definition) is 1. The van der Waals surface area contributed by atoms with Crippen LogP contribution in [-0.4, -0.2) is 10.8 Å². The number of rotatable bonds is 2. The molecule has 0 saturated carbocycles. The van der Waals surface area contributed by atoms with E-state index in [0.29, 0.717) is 0 Å². The lowest BCUT2D eigenvalue weighted by Gasteiger charge is -2.06. The number of benzene rings is 2. The van der Waals surface area contributed by atoms with Crippen molar-refractivity contribution in [1.82, 2.24) is 4.57 Å². The highest BCUT2D eigenvalue weighted by Crippen LogP contribution is 2.22. The van der Waals surface area contributed by atoms with Gasteiger partial charge in [0, 0.05) is 16.8 Å². The Morgan fingerprint density at radius 3 is 2.41 bits per heavy atom. The molecule has 0 aliphatic carbocycles. The van der Waals surface area contributed by atoms with Crippen LogP contribution in [0, 0.1) is 0 Å². The molecule has 0 amide bonds. The van der Waals surface area contributed by atoms with Gasteiger partial charge >= 0.3 is 0 Å². The van der Waals surface area contributed by atoms with Crippen LogP contribution in [0.25, 0.3) is 16.6 Å². The normalized spacial score (nSPS) is 10.9. The van der Waals surface area contributed by atoms with Crippen LogP contribution < -0.4 is 0 Å². The predicted molar refractivity (Wildman–Crippen MR) is 75.1 cm³/mol. The molecule has 0 aliphatic rings. The first-order valence-electron chi connectivity index (χ1n) is 5.59. The number of hydrogen-bond donors (Lipinski definition) is 0. The summed E-state index contributed by atoms with van der Waals surface area (Å²) in [7, 11) is 0. The van der Waals surface area contributed by atoms with E-state index in [0.717, 1.165) is 0 Å². The number of aromatic nitrogens is 1. The van der Waals surface area contributed by atoms with Crippen LogP contribution in [0.5, 0.6) is 0 Å². The number of para-hydroxylation sites is 1. The lowest BCUT2D eigenvalue weighted by molar-refractivity contribution is 1.12. The number of fused-ring (bicyclic) bond motifs is 1. The molecule has 1 nitrogen and oxygen atoms in total. The van der Waals surface area contributed by atoms with Gasteiger partial charge in [-0.05, 0) is 48.0 Å². The molecule has 2 aromatic carbocycles. The summed E-state index contributed by atoms with van der Waals surface area (Å²) in [6.45, 7) is 0. The Kier molecular flexibility index (Phi) is 2.65. The van der Waals surface area contributed by atoms with E-state index in [9.17, 15) is 0 Å². The summed E-state index contributed by atoms with van der Waals surface area (Å²) in [5.41, 5.74) is 2.47. The van der Waals surface area contributed by atoms with Gasteiger partial charge in [0.25, 0.3) is 0 Å². The van der Waals surface area contributed by atoms with Gasteiger partial charge in [-0.25, -0.2) is 0 Å². The average molecular weight is 239 g/mol. The summed E-state index contributed by atoms with van der Waals surface area (Å²) in [5.74, 6) is 0. The summed E-state index contributed by atoms with van der Waals surface area (Å²) in [6.07, 6.45) is 4.22. The van der Waals surface area contributed by atoms with Crippen LogP contribution in [0.1, 0.15) is 0 Å². The van der Waals surface area contributed by atoms with Gasteiger partial charge in [0.1, 0.15) is 0 Å². The van der Waals surface area contributed by atoms with Crippen molar-refractivity contribution in [2.45, 2.75) is 4.90 Å². The van der Waals surface area contributed by atoms with Crippen LogP contribution >= 0.6 is 11.8 Å². The Morgan fingerprint density at radius 2 is 1.65 bits per heavy atom. The van der Waals surface area contributed by atoms with Crippen molar-refractivity contribution in [1.29, 1.82) is 0 Å². The Morgan fingerprint density at radius 1 is 0.882 bits per heavy atom. The second-order valence-electron chi connectivity index (χ2n) is 3.94. The Balaban J connectivity index is 2.13. The molecule has 17 heavy (non-hydrogen) atoms. The second-order valence-corrected chi connectivity index (χ2v) is 4.82. The van der Waals surface area contributed by atoms with Crippen molar-refractivity contribution in [3.8, 4) is 5.69 Å². The molecule has 0 spiro atoms. The van der Waals surface area contributed by atoms with Crippen molar-refractivity contribution in [2.24, 2.45) is 0 Å². The number of thioether (sulfide) groups is 1.